The molecule has 0 radical (unpaired) electrons. The Labute approximate surface area is 141 Å². The first-order chi connectivity index (χ1) is 11.5. The SMILES string of the molecule is CC(NC(=O)c1ccc2ccsc2c1)c1cccc(OC(F)F)c1. The summed E-state index contributed by atoms with van der Waals surface area (Å²) in [7, 11) is 0. The summed E-state index contributed by atoms with van der Waals surface area (Å²) in [5, 5.41) is 5.95. The summed E-state index contributed by atoms with van der Waals surface area (Å²) in [5.41, 5.74) is 1.26. The fraction of sp³-hybridized carbons (Fsp3) is 0.167. The first-order valence-electron chi connectivity index (χ1n) is 7.36. The standard InChI is InChI=1S/C18H15F2NO2S/c1-11(13-3-2-4-15(9-13)23-18(19)20)21-17(22)14-6-5-12-7-8-24-16(12)10-14/h2-11,18H,1H3,(H,21,22). The number of thiophene rings is 1. The van der Waals surface area contributed by atoms with Crippen LogP contribution in [0.15, 0.2) is 53.9 Å². The van der Waals surface area contributed by atoms with Crippen LogP contribution in [0.5, 0.6) is 5.75 Å². The Kier molecular flexibility index (Phi) is 4.76. The summed E-state index contributed by atoms with van der Waals surface area (Å²) in [6.07, 6.45) is 0. The maximum Gasteiger partial charge on any atom is 0.387 e. The molecule has 3 aromatic rings. The van der Waals surface area contributed by atoms with E-state index in [1.54, 1.807) is 36.5 Å². The highest BCUT2D eigenvalue weighted by atomic mass is 32.1. The van der Waals surface area contributed by atoms with Crippen LogP contribution in [0.1, 0.15) is 28.9 Å². The fourth-order valence-electron chi connectivity index (χ4n) is 2.42. The fourth-order valence-corrected chi connectivity index (χ4v) is 3.25. The molecule has 1 unspecified atom stereocenters. The lowest BCUT2D eigenvalue weighted by molar-refractivity contribution is -0.0499. The van der Waals surface area contributed by atoms with Gasteiger partial charge in [0, 0.05) is 10.3 Å². The van der Waals surface area contributed by atoms with Crippen molar-refractivity contribution in [1.29, 1.82) is 0 Å². The molecule has 6 heteroatoms. The van der Waals surface area contributed by atoms with Crippen molar-refractivity contribution in [1.82, 2.24) is 5.32 Å². The number of hydrogen-bond acceptors (Lipinski definition) is 3. The van der Waals surface area contributed by atoms with E-state index in [-0.39, 0.29) is 17.7 Å². The minimum atomic E-state index is -2.87. The van der Waals surface area contributed by atoms with E-state index in [2.05, 4.69) is 10.1 Å². The van der Waals surface area contributed by atoms with Crippen LogP contribution in [0.3, 0.4) is 0 Å². The Bertz CT molecular complexity index is 863. The number of benzene rings is 2. The Balaban J connectivity index is 1.73. The molecule has 24 heavy (non-hydrogen) atoms. The summed E-state index contributed by atoms with van der Waals surface area (Å²) >= 11 is 1.57. The van der Waals surface area contributed by atoms with Gasteiger partial charge in [-0.3, -0.25) is 4.79 Å². The number of fused-ring (bicyclic) bond motifs is 1. The molecular weight excluding hydrogens is 332 g/mol. The van der Waals surface area contributed by atoms with E-state index in [0.29, 0.717) is 11.1 Å². The minimum absolute atomic E-state index is 0.0728. The van der Waals surface area contributed by atoms with E-state index in [1.165, 1.54) is 12.1 Å². The predicted molar refractivity (Wildman–Crippen MR) is 90.8 cm³/mol. The number of rotatable bonds is 5. The van der Waals surface area contributed by atoms with Gasteiger partial charge in [-0.25, -0.2) is 0 Å². The van der Waals surface area contributed by atoms with Gasteiger partial charge in [-0.05, 0) is 53.6 Å². The van der Waals surface area contributed by atoms with Crippen molar-refractivity contribution < 1.29 is 18.3 Å². The third kappa shape index (κ3) is 3.71. The number of carbonyl (C=O) groups excluding carboxylic acids is 1. The molecule has 1 heterocycles. The van der Waals surface area contributed by atoms with E-state index in [0.717, 1.165) is 10.1 Å². The van der Waals surface area contributed by atoms with Gasteiger partial charge in [0.1, 0.15) is 5.75 Å². The average Bonchev–Trinajstić information content (AvgIpc) is 3.02. The summed E-state index contributed by atoms with van der Waals surface area (Å²) in [6, 6.07) is 13.5. The van der Waals surface area contributed by atoms with Crippen molar-refractivity contribution in [3.05, 3.63) is 65.0 Å². The van der Waals surface area contributed by atoms with E-state index in [1.807, 2.05) is 23.6 Å². The molecule has 1 N–H and O–H groups in total. The number of alkyl halides is 2. The molecule has 0 aliphatic heterocycles. The van der Waals surface area contributed by atoms with Crippen LogP contribution < -0.4 is 10.1 Å². The van der Waals surface area contributed by atoms with Gasteiger partial charge in [-0.1, -0.05) is 18.2 Å². The Hall–Kier alpha value is -2.47. The predicted octanol–water partition coefficient (Wildman–Crippen LogP) is 4.99. The number of nitrogens with one attached hydrogen (secondary N) is 1. The molecule has 3 rings (SSSR count). The molecule has 0 aliphatic rings. The molecule has 0 saturated carbocycles. The lowest BCUT2D eigenvalue weighted by atomic mass is 10.1. The number of halogens is 2. The maximum absolute atomic E-state index is 12.4. The Morgan fingerprint density at radius 3 is 2.79 bits per heavy atom. The van der Waals surface area contributed by atoms with Gasteiger partial charge < -0.3 is 10.1 Å². The van der Waals surface area contributed by atoms with Gasteiger partial charge in [0.15, 0.2) is 0 Å². The number of carbonyl (C=O) groups is 1. The van der Waals surface area contributed by atoms with Gasteiger partial charge in [-0.15, -0.1) is 11.3 Å². The lowest BCUT2D eigenvalue weighted by Gasteiger charge is -2.15. The molecule has 2 aromatic carbocycles. The first-order valence-corrected chi connectivity index (χ1v) is 8.24. The summed E-state index contributed by atoms with van der Waals surface area (Å²) in [6.45, 7) is -1.08. The van der Waals surface area contributed by atoms with Crippen molar-refractivity contribution in [2.45, 2.75) is 19.6 Å². The largest absolute Gasteiger partial charge is 0.435 e. The second-order valence-electron chi connectivity index (χ2n) is 5.32. The maximum atomic E-state index is 12.4. The van der Waals surface area contributed by atoms with Crippen molar-refractivity contribution in [2.24, 2.45) is 0 Å². The zero-order chi connectivity index (χ0) is 17.1. The van der Waals surface area contributed by atoms with Crippen LogP contribution in [-0.2, 0) is 0 Å². The summed E-state index contributed by atoms with van der Waals surface area (Å²) in [4.78, 5) is 12.4. The van der Waals surface area contributed by atoms with E-state index in [9.17, 15) is 13.6 Å². The monoisotopic (exact) mass is 347 g/mol. The summed E-state index contributed by atoms with van der Waals surface area (Å²) in [5.74, 6) is -0.137. The molecule has 0 spiro atoms. The van der Waals surface area contributed by atoms with Gasteiger partial charge in [0.05, 0.1) is 6.04 Å². The third-order valence-corrected chi connectivity index (χ3v) is 4.53. The van der Waals surface area contributed by atoms with Crippen LogP contribution in [0.25, 0.3) is 10.1 Å². The van der Waals surface area contributed by atoms with Crippen LogP contribution in [0.4, 0.5) is 8.78 Å². The molecule has 1 amide bonds. The minimum Gasteiger partial charge on any atom is -0.435 e. The zero-order valence-corrected chi connectivity index (χ0v) is 13.6. The van der Waals surface area contributed by atoms with Crippen molar-refractivity contribution in [3.63, 3.8) is 0 Å². The van der Waals surface area contributed by atoms with Gasteiger partial charge >= 0.3 is 6.61 Å². The van der Waals surface area contributed by atoms with E-state index in [4.69, 9.17) is 0 Å². The number of ether oxygens (including phenoxy) is 1. The molecule has 0 aliphatic carbocycles. The normalized spacial score (nSPS) is 12.3. The highest BCUT2D eigenvalue weighted by molar-refractivity contribution is 7.17. The highest BCUT2D eigenvalue weighted by Gasteiger charge is 2.13. The molecule has 1 atom stereocenters. The molecule has 0 fully saturated rings. The zero-order valence-electron chi connectivity index (χ0n) is 12.8. The van der Waals surface area contributed by atoms with Crippen LogP contribution in [0, 0.1) is 0 Å². The van der Waals surface area contributed by atoms with Gasteiger partial charge in [-0.2, -0.15) is 8.78 Å². The molecule has 0 saturated heterocycles. The van der Waals surface area contributed by atoms with Crippen LogP contribution in [0.2, 0.25) is 0 Å². The summed E-state index contributed by atoms with van der Waals surface area (Å²) < 4.78 is 30.0. The average molecular weight is 347 g/mol. The van der Waals surface area contributed by atoms with Crippen LogP contribution in [-0.4, -0.2) is 12.5 Å². The molecule has 0 bridgehead atoms. The molecule has 124 valence electrons. The van der Waals surface area contributed by atoms with Crippen molar-refractivity contribution in [3.8, 4) is 5.75 Å². The molecular formula is C18H15F2NO2S. The number of amides is 1. The Morgan fingerprint density at radius 1 is 1.17 bits per heavy atom. The lowest BCUT2D eigenvalue weighted by Crippen LogP contribution is -2.26. The van der Waals surface area contributed by atoms with Crippen molar-refractivity contribution >= 4 is 27.3 Å². The van der Waals surface area contributed by atoms with Crippen molar-refractivity contribution in [2.75, 3.05) is 0 Å². The van der Waals surface area contributed by atoms with E-state index >= 15 is 0 Å². The second-order valence-corrected chi connectivity index (χ2v) is 6.27. The van der Waals surface area contributed by atoms with Gasteiger partial charge in [0.25, 0.3) is 5.91 Å². The number of hydrogen-bond donors (Lipinski definition) is 1. The third-order valence-electron chi connectivity index (χ3n) is 3.65. The first kappa shape index (κ1) is 16.4. The molecule has 1 aromatic heterocycles. The highest BCUT2D eigenvalue weighted by Crippen LogP contribution is 2.23. The molecule has 3 nitrogen and oxygen atoms in total. The van der Waals surface area contributed by atoms with E-state index < -0.39 is 6.61 Å². The smallest absolute Gasteiger partial charge is 0.387 e. The van der Waals surface area contributed by atoms with Gasteiger partial charge in [0.2, 0.25) is 0 Å². The topological polar surface area (TPSA) is 38.3 Å². The van der Waals surface area contributed by atoms with Crippen LogP contribution >= 0.6 is 11.3 Å². The Morgan fingerprint density at radius 2 is 2.00 bits per heavy atom. The quantitative estimate of drug-likeness (QED) is 0.706. The second kappa shape index (κ2) is 6.97.